The van der Waals surface area contributed by atoms with Crippen molar-refractivity contribution >= 4 is 75.2 Å². The van der Waals surface area contributed by atoms with E-state index in [2.05, 4.69) is 0 Å². The average Bonchev–Trinajstić information content (AvgIpc) is 3.06. The predicted molar refractivity (Wildman–Crippen MR) is 134 cm³/mol. The van der Waals surface area contributed by atoms with E-state index in [4.69, 9.17) is 39.5 Å². The molecule has 1 aliphatic heterocycles. The molecule has 1 saturated heterocycles. The highest BCUT2D eigenvalue weighted by molar-refractivity contribution is 8.19. The van der Waals surface area contributed by atoms with Crippen LogP contribution in [-0.4, -0.2) is 16.1 Å². The molecule has 0 N–H and O–H groups in total. The van der Waals surface area contributed by atoms with Crippen LogP contribution in [0, 0.1) is 10.1 Å². The molecule has 11 heteroatoms. The summed E-state index contributed by atoms with van der Waals surface area (Å²) in [6, 6.07) is 15.5. The normalized spacial score (nSPS) is 14.7. The zero-order valence-electron chi connectivity index (χ0n) is 17.0. The quantitative estimate of drug-likeness (QED) is 0.186. The van der Waals surface area contributed by atoms with Gasteiger partial charge in [-0.05, 0) is 59.3 Å². The summed E-state index contributed by atoms with van der Waals surface area (Å²) in [7, 11) is 0. The number of ether oxygens (including phenoxy) is 1. The first-order valence-corrected chi connectivity index (χ1v) is 11.6. The van der Waals surface area contributed by atoms with Gasteiger partial charge >= 0.3 is 0 Å². The molecular formula is C23H13Cl3N2O5S. The number of hydrogen-bond donors (Lipinski definition) is 0. The number of halogens is 3. The first kappa shape index (κ1) is 24.1. The molecule has 3 aromatic carbocycles. The Kier molecular flexibility index (Phi) is 7.13. The summed E-state index contributed by atoms with van der Waals surface area (Å²) in [5.74, 6) is -0.297. The Morgan fingerprint density at radius 3 is 2.38 bits per heavy atom. The van der Waals surface area contributed by atoms with Crippen LogP contribution in [0.1, 0.15) is 11.1 Å². The van der Waals surface area contributed by atoms with E-state index in [-0.39, 0.29) is 33.0 Å². The maximum Gasteiger partial charge on any atom is 0.298 e. The molecule has 1 fully saturated rings. The number of anilines is 1. The molecular weight excluding hydrogens is 523 g/mol. The number of carbonyl (C=O) groups is 2. The van der Waals surface area contributed by atoms with Gasteiger partial charge in [-0.15, -0.1) is 0 Å². The monoisotopic (exact) mass is 534 g/mol. The molecule has 0 saturated carbocycles. The number of imide groups is 1. The van der Waals surface area contributed by atoms with E-state index in [1.807, 2.05) is 0 Å². The second kappa shape index (κ2) is 10.1. The average molecular weight is 536 g/mol. The molecule has 4 rings (SSSR count). The van der Waals surface area contributed by atoms with Gasteiger partial charge in [0.25, 0.3) is 16.8 Å². The van der Waals surface area contributed by atoms with E-state index in [1.165, 1.54) is 24.3 Å². The number of nitrogens with zero attached hydrogens (tertiary/aromatic N) is 2. The lowest BCUT2D eigenvalue weighted by Crippen LogP contribution is -2.27. The van der Waals surface area contributed by atoms with E-state index in [1.54, 1.807) is 42.5 Å². The fraction of sp³-hybridized carbons (Fsp3) is 0.0435. The van der Waals surface area contributed by atoms with Crippen molar-refractivity contribution in [1.82, 2.24) is 0 Å². The molecule has 0 bridgehead atoms. The number of amides is 2. The topological polar surface area (TPSA) is 89.7 Å². The Balaban J connectivity index is 1.54. The SMILES string of the molecule is O=C1S/C(=C/c2cc(Cl)c(OCc3cccc([N+](=O)[O-])c3)c(Cl)c2)C(=O)N1c1cccc(Cl)c1. The van der Waals surface area contributed by atoms with Gasteiger partial charge in [0.15, 0.2) is 5.75 Å². The minimum absolute atomic E-state index is 0.0129. The zero-order valence-corrected chi connectivity index (χ0v) is 20.1. The van der Waals surface area contributed by atoms with Crippen LogP contribution in [0.5, 0.6) is 5.75 Å². The van der Waals surface area contributed by atoms with Gasteiger partial charge in [0, 0.05) is 17.2 Å². The van der Waals surface area contributed by atoms with E-state index < -0.39 is 16.1 Å². The van der Waals surface area contributed by atoms with Crippen LogP contribution in [-0.2, 0) is 11.4 Å². The lowest BCUT2D eigenvalue weighted by atomic mass is 10.2. The fourth-order valence-electron chi connectivity index (χ4n) is 3.17. The second-order valence-corrected chi connectivity index (χ2v) is 9.27. The molecule has 0 aliphatic carbocycles. The lowest BCUT2D eigenvalue weighted by Gasteiger charge is -2.12. The highest BCUT2D eigenvalue weighted by Gasteiger charge is 2.36. The number of thioether (sulfide) groups is 1. The van der Waals surface area contributed by atoms with Crippen molar-refractivity contribution in [3.63, 3.8) is 0 Å². The van der Waals surface area contributed by atoms with Gasteiger partial charge in [0.1, 0.15) is 6.61 Å². The minimum atomic E-state index is -0.494. The van der Waals surface area contributed by atoms with Crippen molar-refractivity contribution in [2.24, 2.45) is 0 Å². The van der Waals surface area contributed by atoms with E-state index >= 15 is 0 Å². The van der Waals surface area contributed by atoms with Crippen LogP contribution in [0.4, 0.5) is 16.2 Å². The Labute approximate surface area is 213 Å². The van der Waals surface area contributed by atoms with Crippen LogP contribution in [0.3, 0.4) is 0 Å². The highest BCUT2D eigenvalue weighted by Crippen LogP contribution is 2.39. The number of benzene rings is 3. The highest BCUT2D eigenvalue weighted by atomic mass is 35.5. The third kappa shape index (κ3) is 5.20. The van der Waals surface area contributed by atoms with E-state index in [9.17, 15) is 19.7 Å². The van der Waals surface area contributed by atoms with Crippen LogP contribution in [0.2, 0.25) is 15.1 Å². The van der Waals surface area contributed by atoms with Crippen molar-refractivity contribution in [2.45, 2.75) is 6.61 Å². The molecule has 1 heterocycles. The van der Waals surface area contributed by atoms with Crippen LogP contribution in [0.15, 0.2) is 65.6 Å². The van der Waals surface area contributed by atoms with Crippen molar-refractivity contribution in [3.05, 3.63) is 102 Å². The standard InChI is InChI=1S/C23H13Cl3N2O5S/c24-15-4-2-5-16(11-15)27-22(29)20(34-23(27)30)10-14-8-18(25)21(19(26)9-14)33-12-13-3-1-6-17(7-13)28(31)32/h1-11H,12H2/b20-10+. The minimum Gasteiger partial charge on any atom is -0.486 e. The maximum absolute atomic E-state index is 12.8. The van der Waals surface area contributed by atoms with Crippen molar-refractivity contribution in [3.8, 4) is 5.75 Å². The van der Waals surface area contributed by atoms with Crippen LogP contribution in [0.25, 0.3) is 6.08 Å². The zero-order chi connectivity index (χ0) is 24.4. The summed E-state index contributed by atoms with van der Waals surface area (Å²) in [6.45, 7) is 0.0129. The Morgan fingerprint density at radius 2 is 1.71 bits per heavy atom. The molecule has 0 atom stereocenters. The van der Waals surface area contributed by atoms with Gasteiger partial charge in [-0.2, -0.15) is 0 Å². The van der Waals surface area contributed by atoms with Gasteiger partial charge in [0.2, 0.25) is 0 Å². The molecule has 7 nitrogen and oxygen atoms in total. The number of carbonyl (C=O) groups excluding carboxylic acids is 2. The first-order valence-electron chi connectivity index (χ1n) is 9.61. The van der Waals surface area contributed by atoms with Crippen LogP contribution >= 0.6 is 46.6 Å². The Hall–Kier alpha value is -3.04. The number of nitro groups is 1. The van der Waals surface area contributed by atoms with E-state index in [0.29, 0.717) is 21.8 Å². The second-order valence-electron chi connectivity index (χ2n) is 7.03. The van der Waals surface area contributed by atoms with Gasteiger partial charge in [0.05, 0.1) is 25.6 Å². The maximum atomic E-state index is 12.8. The smallest absolute Gasteiger partial charge is 0.298 e. The lowest BCUT2D eigenvalue weighted by molar-refractivity contribution is -0.384. The third-order valence-corrected chi connectivity index (χ3v) is 6.35. The molecule has 172 valence electrons. The summed E-state index contributed by atoms with van der Waals surface area (Å²) in [4.78, 5) is 37.0. The molecule has 2 amide bonds. The molecule has 0 unspecified atom stereocenters. The summed E-state index contributed by atoms with van der Waals surface area (Å²) in [5, 5.41) is 11.2. The van der Waals surface area contributed by atoms with Crippen LogP contribution < -0.4 is 9.64 Å². The van der Waals surface area contributed by atoms with Crippen molar-refractivity contribution < 1.29 is 19.2 Å². The summed E-state index contributed by atoms with van der Waals surface area (Å²) >= 11 is 19.5. The number of rotatable bonds is 6. The molecule has 1 aliphatic rings. The first-order chi connectivity index (χ1) is 16.2. The number of hydrogen-bond acceptors (Lipinski definition) is 6. The third-order valence-electron chi connectivity index (χ3n) is 4.68. The van der Waals surface area contributed by atoms with Crippen molar-refractivity contribution in [2.75, 3.05) is 4.90 Å². The number of nitro benzene ring substituents is 1. The Bertz CT molecular complexity index is 1340. The number of non-ortho nitro benzene ring substituents is 1. The van der Waals surface area contributed by atoms with Gasteiger partial charge in [-0.3, -0.25) is 19.7 Å². The molecule has 34 heavy (non-hydrogen) atoms. The van der Waals surface area contributed by atoms with Gasteiger partial charge in [-0.1, -0.05) is 53.0 Å². The molecule has 0 spiro atoms. The molecule has 3 aromatic rings. The van der Waals surface area contributed by atoms with E-state index in [0.717, 1.165) is 16.7 Å². The summed E-state index contributed by atoms with van der Waals surface area (Å²) in [6.07, 6.45) is 1.51. The summed E-state index contributed by atoms with van der Waals surface area (Å²) in [5.41, 5.74) is 1.38. The predicted octanol–water partition coefficient (Wildman–Crippen LogP) is 7.37. The van der Waals surface area contributed by atoms with Crippen molar-refractivity contribution in [1.29, 1.82) is 0 Å². The van der Waals surface area contributed by atoms with Gasteiger partial charge < -0.3 is 4.74 Å². The molecule has 0 aromatic heterocycles. The fourth-order valence-corrected chi connectivity index (χ4v) is 4.81. The summed E-state index contributed by atoms with van der Waals surface area (Å²) < 4.78 is 5.68. The molecule has 0 radical (unpaired) electrons. The van der Waals surface area contributed by atoms with Gasteiger partial charge in [-0.25, -0.2) is 4.90 Å². The largest absolute Gasteiger partial charge is 0.486 e. The Morgan fingerprint density at radius 1 is 1.00 bits per heavy atom.